The van der Waals surface area contributed by atoms with Crippen LogP contribution in [0.25, 0.3) is 0 Å². The number of amides is 1. The van der Waals surface area contributed by atoms with Crippen LogP contribution in [0.1, 0.15) is 32.1 Å². The molecule has 0 aliphatic carbocycles. The fraction of sp³-hybridized carbons (Fsp3) is 0.273. The monoisotopic (exact) mass is 400 g/mol. The van der Waals surface area contributed by atoms with Crippen molar-refractivity contribution in [3.8, 4) is 0 Å². The topological polar surface area (TPSA) is 67.2 Å². The van der Waals surface area contributed by atoms with Crippen molar-refractivity contribution in [2.24, 2.45) is 0 Å². The van der Waals surface area contributed by atoms with E-state index in [-0.39, 0.29) is 68.7 Å². The van der Waals surface area contributed by atoms with Crippen molar-refractivity contribution in [2.75, 3.05) is 10.6 Å². The second-order valence-corrected chi connectivity index (χ2v) is 7.41. The van der Waals surface area contributed by atoms with E-state index in [4.69, 9.17) is 4.52 Å². The largest absolute Gasteiger partial charge is 1.00 e. The Morgan fingerprint density at radius 3 is 2.50 bits per heavy atom. The smallest absolute Gasteiger partial charge is 0.470 e. The molecule has 2 N–H and O–H groups in total. The Morgan fingerprint density at radius 1 is 1.21 bits per heavy atom. The van der Waals surface area contributed by atoms with Crippen molar-refractivity contribution in [3.63, 3.8) is 0 Å². The summed E-state index contributed by atoms with van der Waals surface area (Å²) in [6.45, 7) is 6.21. The van der Waals surface area contributed by atoms with E-state index in [2.05, 4.69) is 48.8 Å². The number of para-hydroxylation sites is 1. The number of fused-ring (bicyclic) bond motifs is 1. The van der Waals surface area contributed by atoms with Crippen molar-refractivity contribution in [1.82, 2.24) is 5.16 Å². The minimum Gasteiger partial charge on any atom is -0.470 e. The van der Waals surface area contributed by atoms with E-state index in [0.717, 1.165) is 23.6 Å². The summed E-state index contributed by atoms with van der Waals surface area (Å²) in [5.41, 5.74) is 3.11. The van der Waals surface area contributed by atoms with E-state index in [1.807, 2.05) is 36.4 Å². The van der Waals surface area contributed by atoms with Gasteiger partial charge < -0.3 is 15.2 Å². The Morgan fingerprint density at radius 2 is 1.93 bits per heavy atom. The van der Waals surface area contributed by atoms with Crippen LogP contribution in [0.3, 0.4) is 0 Å². The molecule has 0 saturated carbocycles. The number of rotatable bonds is 2. The van der Waals surface area contributed by atoms with E-state index in [9.17, 15) is 4.79 Å². The summed E-state index contributed by atoms with van der Waals surface area (Å²) in [5, 5.41) is 9.62. The molecular weight excluding hydrogens is 377 g/mol. The molecule has 1 atom stereocenters. The Balaban J connectivity index is 0.000000239. The van der Waals surface area contributed by atoms with E-state index in [1.165, 1.54) is 5.56 Å². The van der Waals surface area contributed by atoms with Crippen molar-refractivity contribution in [3.05, 3.63) is 78.2 Å². The number of hydrogen-bond acceptors (Lipinski definition) is 4. The maximum absolute atomic E-state index is 12.1. The maximum atomic E-state index is 12.1. The number of benzene rings is 2. The van der Waals surface area contributed by atoms with Gasteiger partial charge in [0.05, 0.1) is 0 Å². The summed E-state index contributed by atoms with van der Waals surface area (Å²) in [6.07, 6.45) is 3.36. The third-order valence-electron chi connectivity index (χ3n) is 4.20. The van der Waals surface area contributed by atoms with E-state index in [0.29, 0.717) is 0 Å². The van der Waals surface area contributed by atoms with Crippen LogP contribution in [0.4, 0.5) is 11.4 Å². The molecule has 0 saturated heterocycles. The second-order valence-electron chi connectivity index (χ2n) is 7.41. The SMILES string of the molecule is CC(C)(C)c1c[c-]no1.O=C(Nc1cc[c-]cc1)C1Cc2ccccc2N1.[K+]. The number of hydrogen-bond donors (Lipinski definition) is 2. The summed E-state index contributed by atoms with van der Waals surface area (Å²) in [5.74, 6) is 0.875. The van der Waals surface area contributed by atoms with E-state index in [1.54, 1.807) is 18.2 Å². The predicted octanol–water partition coefficient (Wildman–Crippen LogP) is 1.24. The summed E-state index contributed by atoms with van der Waals surface area (Å²) in [7, 11) is 0. The number of aromatic nitrogens is 1. The third kappa shape index (κ3) is 6.29. The second kappa shape index (κ2) is 10.4. The molecule has 1 aliphatic rings. The normalized spacial score (nSPS) is 14.6. The first-order valence-corrected chi connectivity index (χ1v) is 8.88. The predicted molar refractivity (Wildman–Crippen MR) is 106 cm³/mol. The molecular formula is C22H23KN3O2-. The molecule has 0 radical (unpaired) electrons. The molecule has 5 nitrogen and oxygen atoms in total. The molecule has 2 aromatic carbocycles. The van der Waals surface area contributed by atoms with Gasteiger partial charge in [-0.15, -0.1) is 18.3 Å². The van der Waals surface area contributed by atoms with Crippen molar-refractivity contribution >= 4 is 17.3 Å². The Kier molecular flexibility index (Phi) is 8.46. The van der Waals surface area contributed by atoms with Crippen LogP contribution < -0.4 is 62.0 Å². The van der Waals surface area contributed by atoms with Crippen molar-refractivity contribution < 1.29 is 60.7 Å². The molecule has 28 heavy (non-hydrogen) atoms. The van der Waals surface area contributed by atoms with Crippen LogP contribution in [0.2, 0.25) is 0 Å². The molecule has 0 bridgehead atoms. The zero-order valence-corrected chi connectivity index (χ0v) is 19.9. The minimum atomic E-state index is -0.188. The fourth-order valence-corrected chi connectivity index (χ4v) is 2.70. The van der Waals surface area contributed by atoms with Crippen LogP contribution in [0.5, 0.6) is 0 Å². The molecule has 2 heterocycles. The van der Waals surface area contributed by atoms with Gasteiger partial charge >= 0.3 is 51.4 Å². The van der Waals surface area contributed by atoms with Gasteiger partial charge in [0.2, 0.25) is 5.91 Å². The molecule has 0 fully saturated rings. The van der Waals surface area contributed by atoms with Crippen LogP contribution in [0.15, 0.2) is 59.1 Å². The first-order valence-electron chi connectivity index (χ1n) is 8.88. The first kappa shape index (κ1) is 22.8. The van der Waals surface area contributed by atoms with Crippen molar-refractivity contribution in [1.29, 1.82) is 0 Å². The molecule has 140 valence electrons. The number of carbonyl (C=O) groups excluding carboxylic acids is 1. The van der Waals surface area contributed by atoms with Crippen LogP contribution in [-0.2, 0) is 16.6 Å². The van der Waals surface area contributed by atoms with Crippen LogP contribution >= 0.6 is 0 Å². The number of carbonyl (C=O) groups is 1. The molecule has 1 amide bonds. The zero-order chi connectivity index (χ0) is 19.3. The van der Waals surface area contributed by atoms with Gasteiger partial charge in [0.1, 0.15) is 6.04 Å². The molecule has 1 aliphatic heterocycles. The van der Waals surface area contributed by atoms with Crippen molar-refractivity contribution in [2.45, 2.75) is 38.6 Å². The molecule has 6 heteroatoms. The average Bonchev–Trinajstić information content (AvgIpc) is 3.32. The maximum Gasteiger partial charge on any atom is 1.00 e. The Bertz CT molecular complexity index is 849. The average molecular weight is 401 g/mol. The van der Waals surface area contributed by atoms with Gasteiger partial charge in [0, 0.05) is 12.1 Å². The summed E-state index contributed by atoms with van der Waals surface area (Å²) in [6, 6.07) is 19.7. The molecule has 1 aromatic heterocycles. The number of nitrogens with one attached hydrogen (secondary N) is 2. The van der Waals surface area contributed by atoms with Gasteiger partial charge in [0.15, 0.2) is 0 Å². The fourth-order valence-electron chi connectivity index (χ4n) is 2.70. The standard InChI is InChI=1S/C15H13N2O.C7H10NO.K/c18-15(16-12-7-2-1-3-8-12)14-10-11-6-4-5-9-13(11)17-14;1-7(2,3)6-4-5-8-9-6;/h2-9,14,17H,10H2,(H,16,18);4H,1-3H3;/q2*-1;+1. The zero-order valence-electron chi connectivity index (χ0n) is 16.7. The Labute approximate surface area is 208 Å². The van der Waals surface area contributed by atoms with Gasteiger partial charge in [-0.25, -0.2) is 5.16 Å². The van der Waals surface area contributed by atoms with Gasteiger partial charge in [-0.3, -0.25) is 4.79 Å². The molecule has 3 aromatic rings. The van der Waals surface area contributed by atoms with Crippen LogP contribution in [0, 0.1) is 12.3 Å². The molecule has 1 unspecified atom stereocenters. The quantitative estimate of drug-likeness (QED) is 0.502. The number of anilines is 2. The van der Waals surface area contributed by atoms with E-state index < -0.39 is 0 Å². The third-order valence-corrected chi connectivity index (χ3v) is 4.20. The van der Waals surface area contributed by atoms with E-state index >= 15 is 0 Å². The molecule has 4 rings (SSSR count). The number of nitrogens with zero attached hydrogens (tertiary/aromatic N) is 1. The summed E-state index contributed by atoms with van der Waals surface area (Å²) in [4.78, 5) is 12.1. The summed E-state index contributed by atoms with van der Waals surface area (Å²) >= 11 is 0. The summed E-state index contributed by atoms with van der Waals surface area (Å²) < 4.78 is 4.89. The minimum absolute atomic E-state index is 0. The molecule has 0 spiro atoms. The van der Waals surface area contributed by atoms with Gasteiger partial charge in [0.25, 0.3) is 0 Å². The van der Waals surface area contributed by atoms with Crippen LogP contribution in [-0.4, -0.2) is 17.1 Å². The van der Waals surface area contributed by atoms with Gasteiger partial charge in [-0.2, -0.15) is 24.3 Å². The first-order chi connectivity index (χ1) is 12.9. The van der Waals surface area contributed by atoms with Gasteiger partial charge in [-0.05, 0) is 22.8 Å². The Hall–Kier alpha value is -1.44. The van der Waals surface area contributed by atoms with Gasteiger partial charge in [-0.1, -0.05) is 44.7 Å².